The van der Waals surface area contributed by atoms with Gasteiger partial charge in [-0.15, -0.1) is 0 Å². The largest absolute Gasteiger partial charge is 0.351 e. The van der Waals surface area contributed by atoms with Crippen molar-refractivity contribution >= 4 is 33.1 Å². The van der Waals surface area contributed by atoms with Crippen molar-refractivity contribution in [3.05, 3.63) is 30.3 Å². The second-order valence-corrected chi connectivity index (χ2v) is 8.30. The van der Waals surface area contributed by atoms with E-state index < -0.39 is 9.84 Å². The van der Waals surface area contributed by atoms with Gasteiger partial charge in [-0.25, -0.2) is 13.4 Å². The molecule has 1 N–H and O–H groups in total. The molecule has 1 saturated heterocycles. The fourth-order valence-corrected chi connectivity index (χ4v) is 4.72. The van der Waals surface area contributed by atoms with Crippen molar-refractivity contribution in [2.24, 2.45) is 11.0 Å². The Hall–Kier alpha value is -2.22. The van der Waals surface area contributed by atoms with Crippen LogP contribution in [0.2, 0.25) is 0 Å². The lowest BCUT2D eigenvalue weighted by molar-refractivity contribution is -0.119. The van der Waals surface area contributed by atoms with E-state index in [0.29, 0.717) is 24.4 Å². The van der Waals surface area contributed by atoms with Crippen LogP contribution in [0.25, 0.3) is 0 Å². The minimum absolute atomic E-state index is 0.0463. The number of para-hydroxylation sites is 1. The lowest BCUT2D eigenvalue weighted by Crippen LogP contribution is -2.40. The maximum Gasteiger partial charge on any atom is 0.267 e. The number of hydrazone groups is 1. The van der Waals surface area contributed by atoms with Gasteiger partial charge in [-0.05, 0) is 24.5 Å². The van der Waals surface area contributed by atoms with Gasteiger partial charge in [-0.3, -0.25) is 9.59 Å². The fraction of sp³-hybridized carbons (Fsp3) is 0.438. The lowest BCUT2D eigenvalue weighted by atomic mass is 10.1. The highest BCUT2D eigenvalue weighted by molar-refractivity contribution is 7.91. The summed E-state index contributed by atoms with van der Waals surface area (Å²) in [6.07, 6.45) is 1.08. The zero-order valence-corrected chi connectivity index (χ0v) is 14.0. The van der Waals surface area contributed by atoms with Gasteiger partial charge in [0.2, 0.25) is 5.91 Å². The molecule has 0 saturated carbocycles. The number of amides is 2. The van der Waals surface area contributed by atoms with Crippen molar-refractivity contribution in [1.29, 1.82) is 0 Å². The van der Waals surface area contributed by atoms with Gasteiger partial charge in [0, 0.05) is 19.4 Å². The summed E-state index contributed by atoms with van der Waals surface area (Å²) in [4.78, 5) is 24.3. The Kier molecular flexibility index (Phi) is 4.66. The summed E-state index contributed by atoms with van der Waals surface area (Å²) < 4.78 is 22.9. The number of carbonyl (C=O) groups is 2. The number of carbonyl (C=O) groups excluding carboxylic acids is 2. The van der Waals surface area contributed by atoms with Crippen LogP contribution >= 0.6 is 0 Å². The molecule has 1 aromatic carbocycles. The first-order valence-electron chi connectivity index (χ1n) is 7.89. The number of nitrogens with zero attached hydrogens (tertiary/aromatic N) is 2. The highest BCUT2D eigenvalue weighted by Gasteiger charge is 2.29. The fourth-order valence-electron chi connectivity index (χ4n) is 2.86. The molecule has 7 nitrogen and oxygen atoms in total. The smallest absolute Gasteiger partial charge is 0.267 e. The highest BCUT2D eigenvalue weighted by Crippen LogP contribution is 2.20. The maximum atomic E-state index is 12.3. The van der Waals surface area contributed by atoms with Crippen molar-refractivity contribution in [1.82, 2.24) is 5.32 Å². The molecule has 0 radical (unpaired) electrons. The Morgan fingerprint density at radius 1 is 1.25 bits per heavy atom. The molecule has 1 fully saturated rings. The molecule has 3 rings (SSSR count). The van der Waals surface area contributed by atoms with Crippen LogP contribution in [-0.2, 0) is 19.4 Å². The van der Waals surface area contributed by atoms with E-state index in [1.165, 1.54) is 5.01 Å². The Morgan fingerprint density at radius 3 is 2.67 bits per heavy atom. The van der Waals surface area contributed by atoms with E-state index in [2.05, 4.69) is 10.4 Å². The molecule has 0 unspecified atom stereocenters. The Morgan fingerprint density at radius 2 is 2.00 bits per heavy atom. The minimum atomic E-state index is -2.95. The predicted octanol–water partition coefficient (Wildman–Crippen LogP) is 0.720. The molecule has 2 heterocycles. The number of hydrogen-bond donors (Lipinski definition) is 1. The normalized spacial score (nSPS) is 23.0. The second-order valence-electron chi connectivity index (χ2n) is 6.07. The van der Waals surface area contributed by atoms with Crippen LogP contribution in [-0.4, -0.2) is 44.0 Å². The number of benzene rings is 1. The third-order valence-corrected chi connectivity index (χ3v) is 6.01. The third-order valence-electron chi connectivity index (χ3n) is 4.17. The zero-order chi connectivity index (χ0) is 17.2. The van der Waals surface area contributed by atoms with E-state index >= 15 is 0 Å². The molecule has 2 aliphatic heterocycles. The van der Waals surface area contributed by atoms with Gasteiger partial charge in [0.05, 0.1) is 17.2 Å². The summed E-state index contributed by atoms with van der Waals surface area (Å²) >= 11 is 0. The van der Waals surface area contributed by atoms with Gasteiger partial charge in [0.25, 0.3) is 5.91 Å². The van der Waals surface area contributed by atoms with Crippen molar-refractivity contribution in [2.45, 2.75) is 19.3 Å². The molecule has 8 heteroatoms. The van der Waals surface area contributed by atoms with Crippen LogP contribution in [0.5, 0.6) is 0 Å². The molecule has 2 amide bonds. The first kappa shape index (κ1) is 16.6. The number of sulfone groups is 1. The van der Waals surface area contributed by atoms with Gasteiger partial charge in [0.1, 0.15) is 5.71 Å². The summed E-state index contributed by atoms with van der Waals surface area (Å²) in [6.45, 7) is 0.316. The van der Waals surface area contributed by atoms with Crippen LogP contribution in [0.3, 0.4) is 0 Å². The van der Waals surface area contributed by atoms with Crippen molar-refractivity contribution in [2.75, 3.05) is 23.1 Å². The van der Waals surface area contributed by atoms with Crippen LogP contribution in [0.1, 0.15) is 19.3 Å². The molecule has 0 aromatic heterocycles. The molecular weight excluding hydrogens is 330 g/mol. The average Bonchev–Trinajstić information content (AvgIpc) is 2.93. The quantitative estimate of drug-likeness (QED) is 0.866. The molecule has 0 bridgehead atoms. The molecule has 1 aromatic rings. The number of rotatable bonds is 4. The van der Waals surface area contributed by atoms with Crippen LogP contribution in [0, 0.1) is 5.92 Å². The topological polar surface area (TPSA) is 95.9 Å². The summed E-state index contributed by atoms with van der Waals surface area (Å²) in [5.41, 5.74) is 0.911. The third kappa shape index (κ3) is 3.81. The van der Waals surface area contributed by atoms with Gasteiger partial charge >= 0.3 is 0 Å². The van der Waals surface area contributed by atoms with Crippen molar-refractivity contribution in [3.63, 3.8) is 0 Å². The Labute approximate surface area is 140 Å². The maximum absolute atomic E-state index is 12.3. The Balaban J connectivity index is 1.65. The van der Waals surface area contributed by atoms with Gasteiger partial charge < -0.3 is 5.32 Å². The highest BCUT2D eigenvalue weighted by atomic mass is 32.2. The zero-order valence-electron chi connectivity index (χ0n) is 13.1. The predicted molar refractivity (Wildman–Crippen MR) is 90.4 cm³/mol. The first-order valence-corrected chi connectivity index (χ1v) is 9.71. The lowest BCUT2D eigenvalue weighted by Gasteiger charge is -2.23. The minimum Gasteiger partial charge on any atom is -0.351 e. The summed E-state index contributed by atoms with van der Waals surface area (Å²) in [5.74, 6) is -0.235. The molecule has 0 spiro atoms. The number of hydrogen-bond acceptors (Lipinski definition) is 5. The standard InChI is InChI=1S/C16H19N3O4S/c20-15-7-6-14(18-19(15)13-4-2-1-3-5-13)16(21)17-10-12-8-9-24(22,23)11-12/h1-5,12H,6-11H2,(H,17,21)/t12-/m0/s1. The molecule has 0 aliphatic carbocycles. The van der Waals surface area contributed by atoms with Crippen LogP contribution in [0.4, 0.5) is 5.69 Å². The van der Waals surface area contributed by atoms with E-state index in [-0.39, 0.29) is 42.1 Å². The van der Waals surface area contributed by atoms with E-state index in [4.69, 9.17) is 0 Å². The van der Waals surface area contributed by atoms with E-state index in [1.54, 1.807) is 24.3 Å². The van der Waals surface area contributed by atoms with Gasteiger partial charge in [0.15, 0.2) is 9.84 Å². The van der Waals surface area contributed by atoms with Gasteiger partial charge in [-0.1, -0.05) is 18.2 Å². The number of nitrogens with one attached hydrogen (secondary N) is 1. The van der Waals surface area contributed by atoms with E-state index in [0.717, 1.165) is 0 Å². The summed E-state index contributed by atoms with van der Waals surface area (Å²) in [6, 6.07) is 8.95. The SMILES string of the molecule is O=C(NC[C@@H]1CCS(=O)(=O)C1)C1=NN(c2ccccc2)C(=O)CC1. The van der Waals surface area contributed by atoms with Gasteiger partial charge in [-0.2, -0.15) is 5.10 Å². The molecule has 2 aliphatic rings. The first-order chi connectivity index (χ1) is 11.4. The Bertz CT molecular complexity index is 774. The molecule has 24 heavy (non-hydrogen) atoms. The van der Waals surface area contributed by atoms with Crippen molar-refractivity contribution < 1.29 is 18.0 Å². The van der Waals surface area contributed by atoms with Crippen molar-refractivity contribution in [3.8, 4) is 0 Å². The average molecular weight is 349 g/mol. The van der Waals surface area contributed by atoms with Crippen LogP contribution in [0.15, 0.2) is 35.4 Å². The monoisotopic (exact) mass is 349 g/mol. The van der Waals surface area contributed by atoms with Crippen LogP contribution < -0.4 is 10.3 Å². The molecule has 128 valence electrons. The second kappa shape index (κ2) is 6.72. The summed E-state index contributed by atoms with van der Waals surface area (Å²) in [7, 11) is -2.95. The number of anilines is 1. The van der Waals surface area contributed by atoms with E-state index in [9.17, 15) is 18.0 Å². The molecule has 1 atom stereocenters. The summed E-state index contributed by atoms with van der Waals surface area (Å²) in [5, 5.41) is 8.17. The van der Waals surface area contributed by atoms with E-state index in [1.807, 2.05) is 6.07 Å². The molecular formula is C16H19N3O4S.